The van der Waals surface area contributed by atoms with Gasteiger partial charge in [0, 0.05) is 19.2 Å². The van der Waals surface area contributed by atoms with Crippen molar-refractivity contribution in [2.45, 2.75) is 11.8 Å². The van der Waals surface area contributed by atoms with Gasteiger partial charge in [0.05, 0.1) is 16.7 Å². The minimum absolute atomic E-state index is 0.0720. The van der Waals surface area contributed by atoms with E-state index < -0.39 is 37.0 Å². The lowest BCUT2D eigenvalue weighted by Crippen LogP contribution is -2.33. The monoisotopic (exact) mass is 320 g/mol. The molecule has 0 bridgehead atoms. The average molecular weight is 320 g/mol. The standard InChI is InChI=1S/C11H17FN4O4S/c1-3-15(2)5-4-14-21(19,20)11-9(12)6-8(16(17)18)7-10(11)13/h6-7,14H,3-5,13H2,1-2H3. The maximum atomic E-state index is 13.8. The molecule has 0 unspecified atom stereocenters. The van der Waals surface area contributed by atoms with Gasteiger partial charge in [0.25, 0.3) is 5.69 Å². The van der Waals surface area contributed by atoms with Gasteiger partial charge in [0.1, 0.15) is 4.90 Å². The van der Waals surface area contributed by atoms with Gasteiger partial charge in [-0.3, -0.25) is 10.1 Å². The summed E-state index contributed by atoms with van der Waals surface area (Å²) in [6, 6.07) is 1.35. The normalized spacial score (nSPS) is 11.8. The number of anilines is 1. The summed E-state index contributed by atoms with van der Waals surface area (Å²) >= 11 is 0. The summed E-state index contributed by atoms with van der Waals surface area (Å²) < 4.78 is 40.0. The van der Waals surface area contributed by atoms with Gasteiger partial charge in [-0.1, -0.05) is 6.92 Å². The van der Waals surface area contributed by atoms with Crippen LogP contribution in [-0.4, -0.2) is 44.9 Å². The molecule has 10 heteroatoms. The van der Waals surface area contributed by atoms with E-state index in [-0.39, 0.29) is 6.54 Å². The van der Waals surface area contributed by atoms with Gasteiger partial charge in [-0.25, -0.2) is 17.5 Å². The maximum Gasteiger partial charge on any atom is 0.274 e. The Balaban J connectivity index is 3.01. The van der Waals surface area contributed by atoms with E-state index >= 15 is 0 Å². The SMILES string of the molecule is CCN(C)CCNS(=O)(=O)c1c(N)cc([N+](=O)[O-])cc1F. The minimum atomic E-state index is -4.17. The number of halogens is 1. The Kier molecular flexibility index (Phi) is 5.58. The Morgan fingerprint density at radius 2 is 2.10 bits per heavy atom. The van der Waals surface area contributed by atoms with Crippen LogP contribution in [-0.2, 0) is 10.0 Å². The first kappa shape index (κ1) is 17.3. The van der Waals surface area contributed by atoms with Gasteiger partial charge < -0.3 is 10.6 Å². The molecule has 8 nitrogen and oxygen atoms in total. The Morgan fingerprint density at radius 1 is 1.48 bits per heavy atom. The van der Waals surface area contributed by atoms with Crippen molar-refractivity contribution in [1.29, 1.82) is 0 Å². The molecule has 118 valence electrons. The van der Waals surface area contributed by atoms with E-state index in [4.69, 9.17) is 5.73 Å². The molecule has 0 saturated carbocycles. The van der Waals surface area contributed by atoms with E-state index in [2.05, 4.69) is 4.72 Å². The fourth-order valence-corrected chi connectivity index (χ4v) is 2.78. The van der Waals surface area contributed by atoms with Crippen LogP contribution in [0.1, 0.15) is 6.92 Å². The van der Waals surface area contributed by atoms with E-state index in [9.17, 15) is 22.9 Å². The summed E-state index contributed by atoms with van der Waals surface area (Å²) in [5.41, 5.74) is 4.33. The number of rotatable bonds is 7. The van der Waals surface area contributed by atoms with Crippen LogP contribution < -0.4 is 10.5 Å². The summed E-state index contributed by atoms with van der Waals surface area (Å²) in [6.45, 7) is 3.14. The summed E-state index contributed by atoms with van der Waals surface area (Å²) in [6.07, 6.45) is 0. The van der Waals surface area contributed by atoms with Crippen LogP contribution in [0.4, 0.5) is 15.8 Å². The number of nitrogens with one attached hydrogen (secondary N) is 1. The van der Waals surface area contributed by atoms with Gasteiger partial charge in [-0.2, -0.15) is 0 Å². The van der Waals surface area contributed by atoms with E-state index in [1.807, 2.05) is 11.8 Å². The number of non-ortho nitro benzene ring substituents is 1. The highest BCUT2D eigenvalue weighted by atomic mass is 32.2. The van der Waals surface area contributed by atoms with Crippen LogP contribution in [0.3, 0.4) is 0 Å². The first-order valence-corrected chi connectivity index (χ1v) is 7.59. The molecule has 0 atom stereocenters. The number of likely N-dealkylation sites (N-methyl/N-ethyl adjacent to an activating group) is 1. The third-order valence-electron chi connectivity index (χ3n) is 2.86. The fraction of sp³-hybridized carbons (Fsp3) is 0.455. The number of nitrogen functional groups attached to an aromatic ring is 1. The summed E-state index contributed by atoms with van der Waals surface area (Å²) in [5.74, 6) is -1.25. The maximum absolute atomic E-state index is 13.8. The van der Waals surface area contributed by atoms with Crippen molar-refractivity contribution in [1.82, 2.24) is 9.62 Å². The van der Waals surface area contributed by atoms with Crippen LogP contribution in [0.2, 0.25) is 0 Å². The number of hydrogen-bond acceptors (Lipinski definition) is 6. The molecular weight excluding hydrogens is 303 g/mol. The van der Waals surface area contributed by atoms with Crippen LogP contribution in [0, 0.1) is 15.9 Å². The van der Waals surface area contributed by atoms with Crippen LogP contribution in [0.5, 0.6) is 0 Å². The van der Waals surface area contributed by atoms with Crippen molar-refractivity contribution in [3.63, 3.8) is 0 Å². The van der Waals surface area contributed by atoms with E-state index in [1.165, 1.54) is 0 Å². The Labute approximate surface area is 121 Å². The molecule has 3 N–H and O–H groups in total. The van der Waals surface area contributed by atoms with Crippen molar-refractivity contribution in [2.24, 2.45) is 0 Å². The second-order valence-electron chi connectivity index (χ2n) is 4.40. The second-order valence-corrected chi connectivity index (χ2v) is 6.10. The number of nitro groups is 1. The molecule has 0 aromatic heterocycles. The zero-order chi connectivity index (χ0) is 16.2. The van der Waals surface area contributed by atoms with Crippen molar-refractivity contribution in [3.05, 3.63) is 28.1 Å². The predicted molar refractivity (Wildman–Crippen MR) is 75.8 cm³/mol. The summed E-state index contributed by atoms with van der Waals surface area (Å²) in [4.78, 5) is 10.8. The van der Waals surface area contributed by atoms with E-state index in [1.54, 1.807) is 7.05 Å². The molecule has 0 aliphatic carbocycles. The number of sulfonamides is 1. The van der Waals surface area contributed by atoms with Crippen molar-refractivity contribution in [2.75, 3.05) is 32.4 Å². The molecular formula is C11H17FN4O4S. The van der Waals surface area contributed by atoms with Crippen LogP contribution in [0.15, 0.2) is 17.0 Å². The van der Waals surface area contributed by atoms with Crippen molar-refractivity contribution in [3.8, 4) is 0 Å². The Morgan fingerprint density at radius 3 is 2.57 bits per heavy atom. The molecule has 21 heavy (non-hydrogen) atoms. The molecule has 0 fully saturated rings. The number of nitro benzene ring substituents is 1. The van der Waals surface area contributed by atoms with E-state index in [0.717, 1.165) is 12.6 Å². The fourth-order valence-electron chi connectivity index (χ4n) is 1.59. The number of benzene rings is 1. The van der Waals surface area contributed by atoms with Crippen LogP contribution in [0.25, 0.3) is 0 Å². The smallest absolute Gasteiger partial charge is 0.274 e. The van der Waals surface area contributed by atoms with Crippen molar-refractivity contribution >= 4 is 21.4 Å². The van der Waals surface area contributed by atoms with Gasteiger partial charge >= 0.3 is 0 Å². The predicted octanol–water partition coefficient (Wildman–Crippen LogP) is 0.546. The molecule has 0 saturated heterocycles. The second kappa shape index (κ2) is 6.78. The van der Waals surface area contributed by atoms with Gasteiger partial charge in [0.2, 0.25) is 10.0 Å². The third-order valence-corrected chi connectivity index (χ3v) is 4.41. The van der Waals surface area contributed by atoms with Crippen molar-refractivity contribution < 1.29 is 17.7 Å². The summed E-state index contributed by atoms with van der Waals surface area (Å²) in [5, 5.41) is 10.6. The Hall–Kier alpha value is -1.78. The minimum Gasteiger partial charge on any atom is -0.397 e. The Bertz CT molecular complexity index is 612. The average Bonchev–Trinajstić information content (AvgIpc) is 2.36. The van der Waals surface area contributed by atoms with Crippen LogP contribution >= 0.6 is 0 Å². The highest BCUT2D eigenvalue weighted by Gasteiger charge is 2.25. The summed E-state index contributed by atoms with van der Waals surface area (Å²) in [7, 11) is -2.37. The topological polar surface area (TPSA) is 119 Å². The van der Waals surface area contributed by atoms with Gasteiger partial charge in [-0.05, 0) is 13.6 Å². The molecule has 1 aromatic carbocycles. The molecule has 0 radical (unpaired) electrons. The zero-order valence-corrected chi connectivity index (χ0v) is 12.5. The first-order valence-electron chi connectivity index (χ1n) is 6.10. The number of hydrogen-bond donors (Lipinski definition) is 2. The highest BCUT2D eigenvalue weighted by Crippen LogP contribution is 2.27. The molecule has 0 aliphatic heterocycles. The lowest BCUT2D eigenvalue weighted by molar-refractivity contribution is -0.385. The first-order chi connectivity index (χ1) is 9.69. The molecule has 0 spiro atoms. The molecule has 0 aliphatic rings. The molecule has 1 rings (SSSR count). The third kappa shape index (κ3) is 4.34. The largest absolute Gasteiger partial charge is 0.397 e. The number of nitrogens with zero attached hydrogens (tertiary/aromatic N) is 2. The quantitative estimate of drug-likeness (QED) is 0.430. The zero-order valence-electron chi connectivity index (χ0n) is 11.7. The van der Waals surface area contributed by atoms with E-state index in [0.29, 0.717) is 12.6 Å². The van der Waals surface area contributed by atoms with Gasteiger partial charge in [-0.15, -0.1) is 0 Å². The molecule has 0 amide bonds. The number of nitrogens with two attached hydrogens (primary N) is 1. The van der Waals surface area contributed by atoms with Gasteiger partial charge in [0.15, 0.2) is 5.82 Å². The highest BCUT2D eigenvalue weighted by molar-refractivity contribution is 7.89. The molecule has 0 heterocycles. The lowest BCUT2D eigenvalue weighted by atomic mass is 10.3. The lowest BCUT2D eigenvalue weighted by Gasteiger charge is -2.15. The molecule has 1 aromatic rings.